The van der Waals surface area contributed by atoms with Crippen molar-refractivity contribution in [2.75, 3.05) is 18.5 Å². The number of ether oxygens (including phenoxy) is 2. The zero-order chi connectivity index (χ0) is 17.9. The number of alkyl halides is 1. The zero-order valence-corrected chi connectivity index (χ0v) is 17.0. The molecule has 0 aliphatic rings. The van der Waals surface area contributed by atoms with Gasteiger partial charge in [0.05, 0.1) is 6.61 Å². The maximum atomic E-state index is 12.2. The molecule has 0 heterocycles. The highest BCUT2D eigenvalue weighted by molar-refractivity contribution is 9.09. The Morgan fingerprint density at radius 1 is 1.00 bits per heavy atom. The third-order valence-electron chi connectivity index (χ3n) is 3.89. The van der Waals surface area contributed by atoms with Gasteiger partial charge in [-0.2, -0.15) is 0 Å². The molecule has 0 aromatic carbocycles. The molecule has 24 heavy (non-hydrogen) atoms. The Labute approximate surface area is 157 Å². The van der Waals surface area contributed by atoms with E-state index >= 15 is 0 Å². The molecule has 0 fully saturated rings. The lowest BCUT2D eigenvalue weighted by Gasteiger charge is -2.16. The van der Waals surface area contributed by atoms with Crippen molar-refractivity contribution in [1.82, 2.24) is 0 Å². The lowest BCUT2D eigenvalue weighted by molar-refractivity contribution is -0.158. The normalized spacial score (nSPS) is 11.9. The summed E-state index contributed by atoms with van der Waals surface area (Å²) in [7, 11) is 0. The van der Waals surface area contributed by atoms with Crippen molar-refractivity contribution in [1.29, 1.82) is 0 Å². The van der Waals surface area contributed by atoms with E-state index in [0.29, 0.717) is 13.2 Å². The SMILES string of the molecule is C#CCCCCCCOC(CCCC)C(=O)OCCCCCCBr. The number of unbranched alkanes of at least 4 members (excludes halogenated alkanes) is 8. The molecule has 0 saturated heterocycles. The van der Waals surface area contributed by atoms with E-state index in [1.807, 2.05) is 0 Å². The monoisotopic (exact) mass is 402 g/mol. The molecule has 140 valence electrons. The molecular weight excluding hydrogens is 368 g/mol. The van der Waals surface area contributed by atoms with Crippen LogP contribution in [-0.4, -0.2) is 30.6 Å². The molecule has 0 aliphatic heterocycles. The average molecular weight is 403 g/mol. The van der Waals surface area contributed by atoms with Gasteiger partial charge in [0.25, 0.3) is 0 Å². The van der Waals surface area contributed by atoms with Crippen LogP contribution >= 0.6 is 15.9 Å². The largest absolute Gasteiger partial charge is 0.464 e. The van der Waals surface area contributed by atoms with E-state index in [9.17, 15) is 4.79 Å². The molecule has 0 aromatic rings. The smallest absolute Gasteiger partial charge is 0.335 e. The van der Waals surface area contributed by atoms with Gasteiger partial charge in [-0.05, 0) is 32.1 Å². The quantitative estimate of drug-likeness (QED) is 0.136. The van der Waals surface area contributed by atoms with E-state index in [4.69, 9.17) is 15.9 Å². The van der Waals surface area contributed by atoms with Crippen LogP contribution in [-0.2, 0) is 14.3 Å². The second kappa shape index (κ2) is 18.8. The number of hydrogen-bond donors (Lipinski definition) is 0. The predicted molar refractivity (Wildman–Crippen MR) is 104 cm³/mol. The van der Waals surface area contributed by atoms with Gasteiger partial charge in [0.1, 0.15) is 0 Å². The highest BCUT2D eigenvalue weighted by atomic mass is 79.9. The fourth-order valence-electron chi connectivity index (χ4n) is 2.38. The molecule has 0 radical (unpaired) electrons. The van der Waals surface area contributed by atoms with Crippen LogP contribution in [0.2, 0.25) is 0 Å². The van der Waals surface area contributed by atoms with Gasteiger partial charge in [0, 0.05) is 18.4 Å². The van der Waals surface area contributed by atoms with E-state index in [0.717, 1.165) is 69.5 Å². The van der Waals surface area contributed by atoms with Crippen molar-refractivity contribution in [3.63, 3.8) is 0 Å². The first-order valence-corrected chi connectivity index (χ1v) is 10.7. The summed E-state index contributed by atoms with van der Waals surface area (Å²) >= 11 is 3.42. The van der Waals surface area contributed by atoms with Crippen molar-refractivity contribution in [3.05, 3.63) is 0 Å². The second-order valence-corrected chi connectivity index (χ2v) is 6.93. The summed E-state index contributed by atoms with van der Waals surface area (Å²) in [5, 5.41) is 1.04. The van der Waals surface area contributed by atoms with Crippen LogP contribution in [0.3, 0.4) is 0 Å². The lowest BCUT2D eigenvalue weighted by atomic mass is 10.1. The van der Waals surface area contributed by atoms with Gasteiger partial charge in [-0.3, -0.25) is 0 Å². The second-order valence-electron chi connectivity index (χ2n) is 6.14. The van der Waals surface area contributed by atoms with Crippen molar-refractivity contribution in [2.24, 2.45) is 0 Å². The van der Waals surface area contributed by atoms with E-state index in [-0.39, 0.29) is 5.97 Å². The molecule has 0 rings (SSSR count). The highest BCUT2D eigenvalue weighted by Crippen LogP contribution is 2.10. The lowest BCUT2D eigenvalue weighted by Crippen LogP contribution is -2.27. The minimum absolute atomic E-state index is 0.184. The first kappa shape index (κ1) is 23.5. The van der Waals surface area contributed by atoms with Gasteiger partial charge in [-0.25, -0.2) is 4.79 Å². The molecule has 4 heteroatoms. The molecule has 0 amide bonds. The van der Waals surface area contributed by atoms with Crippen molar-refractivity contribution in [2.45, 2.75) is 90.1 Å². The molecule has 0 N–H and O–H groups in total. The highest BCUT2D eigenvalue weighted by Gasteiger charge is 2.19. The first-order chi connectivity index (χ1) is 11.8. The van der Waals surface area contributed by atoms with Gasteiger partial charge in [0.2, 0.25) is 0 Å². The third kappa shape index (κ3) is 15.0. The number of carbonyl (C=O) groups excluding carboxylic acids is 1. The van der Waals surface area contributed by atoms with E-state index < -0.39 is 6.10 Å². The molecule has 1 atom stereocenters. The van der Waals surface area contributed by atoms with Crippen LogP contribution in [0.25, 0.3) is 0 Å². The molecular formula is C20H35BrO3. The first-order valence-electron chi connectivity index (χ1n) is 9.53. The number of carbonyl (C=O) groups is 1. The standard InChI is InChI=1S/C20H35BrO3/c1-3-5-7-8-10-13-17-23-19(15-6-4-2)20(22)24-18-14-11-9-12-16-21/h1,19H,4-18H2,2H3. The summed E-state index contributed by atoms with van der Waals surface area (Å²) in [6.45, 7) is 3.27. The van der Waals surface area contributed by atoms with E-state index in [1.165, 1.54) is 12.8 Å². The molecule has 0 aliphatic carbocycles. The zero-order valence-electron chi connectivity index (χ0n) is 15.4. The Hall–Kier alpha value is -0.530. The van der Waals surface area contributed by atoms with Crippen LogP contribution in [0.15, 0.2) is 0 Å². The number of halogens is 1. The molecule has 0 bridgehead atoms. The fraction of sp³-hybridized carbons (Fsp3) is 0.850. The van der Waals surface area contributed by atoms with Crippen LogP contribution in [0.4, 0.5) is 0 Å². The Balaban J connectivity index is 3.84. The Morgan fingerprint density at radius 2 is 1.67 bits per heavy atom. The third-order valence-corrected chi connectivity index (χ3v) is 4.45. The van der Waals surface area contributed by atoms with Crippen molar-refractivity contribution in [3.8, 4) is 12.3 Å². The molecule has 0 spiro atoms. The van der Waals surface area contributed by atoms with Gasteiger partial charge in [-0.15, -0.1) is 12.3 Å². The number of terminal acetylenes is 1. The number of esters is 1. The molecule has 0 saturated carbocycles. The summed E-state index contributed by atoms with van der Waals surface area (Å²) < 4.78 is 11.2. The van der Waals surface area contributed by atoms with E-state index in [2.05, 4.69) is 28.8 Å². The maximum Gasteiger partial charge on any atom is 0.335 e. The van der Waals surface area contributed by atoms with Gasteiger partial charge in [0.15, 0.2) is 6.10 Å². The summed E-state index contributed by atoms with van der Waals surface area (Å²) in [4.78, 5) is 12.2. The van der Waals surface area contributed by atoms with Crippen LogP contribution in [0.5, 0.6) is 0 Å². The topological polar surface area (TPSA) is 35.5 Å². The summed E-state index contributed by atoms with van der Waals surface area (Å²) in [5.41, 5.74) is 0. The maximum absolute atomic E-state index is 12.2. The minimum atomic E-state index is -0.391. The van der Waals surface area contributed by atoms with Crippen LogP contribution < -0.4 is 0 Å². The number of rotatable bonds is 17. The minimum Gasteiger partial charge on any atom is -0.464 e. The van der Waals surface area contributed by atoms with Crippen LogP contribution in [0, 0.1) is 12.3 Å². The van der Waals surface area contributed by atoms with Gasteiger partial charge in [-0.1, -0.05) is 61.4 Å². The molecule has 0 aromatic heterocycles. The van der Waals surface area contributed by atoms with Gasteiger partial charge < -0.3 is 9.47 Å². The van der Waals surface area contributed by atoms with Crippen LogP contribution in [0.1, 0.15) is 84.0 Å². The molecule has 3 nitrogen and oxygen atoms in total. The van der Waals surface area contributed by atoms with Crippen molar-refractivity contribution < 1.29 is 14.3 Å². The summed E-state index contributed by atoms with van der Waals surface area (Å²) in [5.74, 6) is 2.47. The Kier molecular flexibility index (Phi) is 18.4. The van der Waals surface area contributed by atoms with Crippen molar-refractivity contribution >= 4 is 21.9 Å². The van der Waals surface area contributed by atoms with Gasteiger partial charge >= 0.3 is 5.97 Å². The molecule has 1 unspecified atom stereocenters. The number of hydrogen-bond acceptors (Lipinski definition) is 3. The predicted octanol–water partition coefficient (Wildman–Crippen LogP) is 5.64. The summed E-state index contributed by atoms with van der Waals surface area (Å²) in [6, 6.07) is 0. The Morgan fingerprint density at radius 3 is 2.33 bits per heavy atom. The average Bonchev–Trinajstić information content (AvgIpc) is 2.59. The Bertz CT molecular complexity index is 325. The van der Waals surface area contributed by atoms with E-state index in [1.54, 1.807) is 0 Å². The summed E-state index contributed by atoms with van der Waals surface area (Å²) in [6.07, 6.45) is 17.2. The fourth-order valence-corrected chi connectivity index (χ4v) is 2.78.